The minimum atomic E-state index is -4.38. The summed E-state index contributed by atoms with van der Waals surface area (Å²) in [6.07, 6.45) is -0.312. The number of aromatic nitrogens is 3. The van der Waals surface area contributed by atoms with Crippen molar-refractivity contribution in [3.63, 3.8) is 0 Å². The van der Waals surface area contributed by atoms with Gasteiger partial charge in [-0.2, -0.15) is 13.2 Å². The van der Waals surface area contributed by atoms with Gasteiger partial charge in [0.2, 0.25) is 5.91 Å². The Morgan fingerprint density at radius 3 is 2.85 bits per heavy atom. The molecule has 0 aromatic carbocycles. The number of nitrogens with zero attached hydrogens (tertiary/aromatic N) is 3. The number of carbonyl (C=O) groups is 1. The second kappa shape index (κ2) is 6.47. The Morgan fingerprint density at radius 2 is 2.10 bits per heavy atom. The maximum atomic E-state index is 12.0. The lowest BCUT2D eigenvalue weighted by molar-refractivity contribution is -0.136. The maximum Gasteiger partial charge on any atom is 0.405 e. The van der Waals surface area contributed by atoms with Crippen LogP contribution in [-0.4, -0.2) is 39.1 Å². The molecule has 1 aromatic rings. The van der Waals surface area contributed by atoms with Gasteiger partial charge in [-0.05, 0) is 12.8 Å². The minimum absolute atomic E-state index is 0.0891. The summed E-state index contributed by atoms with van der Waals surface area (Å²) >= 11 is 1.12. The molecule has 20 heavy (non-hydrogen) atoms. The summed E-state index contributed by atoms with van der Waals surface area (Å²) in [4.78, 5) is 11.3. The molecule has 0 saturated heterocycles. The Hall–Kier alpha value is -1.25. The van der Waals surface area contributed by atoms with Gasteiger partial charge in [-0.3, -0.25) is 4.79 Å². The number of hydrogen-bond acceptors (Lipinski definition) is 4. The van der Waals surface area contributed by atoms with Crippen LogP contribution in [0.3, 0.4) is 0 Å². The molecule has 0 saturated carbocycles. The number of alkyl halides is 3. The molecule has 5 nitrogen and oxygen atoms in total. The van der Waals surface area contributed by atoms with Crippen LogP contribution in [-0.2, 0) is 17.8 Å². The summed E-state index contributed by atoms with van der Waals surface area (Å²) in [5.41, 5.74) is 0. The number of carbonyl (C=O) groups excluding carboxylic acids is 1. The summed E-state index contributed by atoms with van der Waals surface area (Å²) < 4.78 is 37.8. The monoisotopic (exact) mass is 308 g/mol. The summed E-state index contributed by atoms with van der Waals surface area (Å²) in [5.74, 6) is 0.146. The van der Waals surface area contributed by atoms with Gasteiger partial charge in [0.1, 0.15) is 12.4 Å². The van der Waals surface area contributed by atoms with E-state index in [1.54, 1.807) is 0 Å². The third-order valence-electron chi connectivity index (χ3n) is 2.89. The van der Waals surface area contributed by atoms with Crippen LogP contribution in [0, 0.1) is 0 Å². The van der Waals surface area contributed by atoms with E-state index >= 15 is 0 Å². The SMILES string of the molecule is O=C(CSc1nnc2n1CCCCC2)NCC(F)(F)F. The predicted octanol–water partition coefficient (Wildman–Crippen LogP) is 1.78. The van der Waals surface area contributed by atoms with E-state index < -0.39 is 18.6 Å². The van der Waals surface area contributed by atoms with E-state index in [2.05, 4.69) is 10.2 Å². The zero-order valence-electron chi connectivity index (χ0n) is 10.7. The summed E-state index contributed by atoms with van der Waals surface area (Å²) in [6.45, 7) is -0.501. The first-order valence-electron chi connectivity index (χ1n) is 6.34. The number of hydrogen-bond donors (Lipinski definition) is 1. The van der Waals surface area contributed by atoms with Crippen LogP contribution >= 0.6 is 11.8 Å². The van der Waals surface area contributed by atoms with E-state index in [1.165, 1.54) is 0 Å². The molecule has 1 aliphatic rings. The fourth-order valence-corrected chi connectivity index (χ4v) is 2.76. The van der Waals surface area contributed by atoms with Gasteiger partial charge >= 0.3 is 6.18 Å². The lowest BCUT2D eigenvalue weighted by Gasteiger charge is -2.08. The third-order valence-corrected chi connectivity index (χ3v) is 3.86. The van der Waals surface area contributed by atoms with E-state index in [0.717, 1.165) is 49.8 Å². The van der Waals surface area contributed by atoms with Crippen molar-refractivity contribution in [1.29, 1.82) is 0 Å². The van der Waals surface area contributed by atoms with Crippen LogP contribution in [0.5, 0.6) is 0 Å². The van der Waals surface area contributed by atoms with Gasteiger partial charge in [-0.15, -0.1) is 10.2 Å². The molecule has 2 rings (SSSR count). The number of rotatable bonds is 4. The first kappa shape index (κ1) is 15.1. The summed E-state index contributed by atoms with van der Waals surface area (Å²) in [7, 11) is 0. The molecular weight excluding hydrogens is 293 g/mol. The highest BCUT2D eigenvalue weighted by molar-refractivity contribution is 7.99. The van der Waals surface area contributed by atoms with Gasteiger partial charge < -0.3 is 9.88 Å². The van der Waals surface area contributed by atoms with E-state index in [-0.39, 0.29) is 5.75 Å². The highest BCUT2D eigenvalue weighted by atomic mass is 32.2. The lowest BCUT2D eigenvalue weighted by atomic mass is 10.2. The van der Waals surface area contributed by atoms with Crippen molar-refractivity contribution in [2.75, 3.05) is 12.3 Å². The smallest absolute Gasteiger partial charge is 0.346 e. The molecule has 2 heterocycles. The first-order chi connectivity index (χ1) is 9.46. The van der Waals surface area contributed by atoms with Crippen molar-refractivity contribution < 1.29 is 18.0 Å². The highest BCUT2D eigenvalue weighted by Crippen LogP contribution is 2.21. The van der Waals surface area contributed by atoms with Crippen molar-refractivity contribution in [3.8, 4) is 0 Å². The molecule has 1 aromatic heterocycles. The van der Waals surface area contributed by atoms with Gasteiger partial charge in [-0.1, -0.05) is 18.2 Å². The van der Waals surface area contributed by atoms with Crippen molar-refractivity contribution in [1.82, 2.24) is 20.1 Å². The maximum absolute atomic E-state index is 12.0. The molecule has 112 valence electrons. The molecule has 0 unspecified atom stereocenters. The van der Waals surface area contributed by atoms with Crippen LogP contribution in [0.25, 0.3) is 0 Å². The molecule has 1 aliphatic heterocycles. The lowest BCUT2D eigenvalue weighted by Crippen LogP contribution is -2.34. The van der Waals surface area contributed by atoms with E-state index in [4.69, 9.17) is 0 Å². The van der Waals surface area contributed by atoms with Crippen molar-refractivity contribution in [2.45, 2.75) is 43.6 Å². The first-order valence-corrected chi connectivity index (χ1v) is 7.32. The molecule has 1 N–H and O–H groups in total. The molecular formula is C11H15F3N4OS. The Labute approximate surface area is 118 Å². The highest BCUT2D eigenvalue weighted by Gasteiger charge is 2.27. The van der Waals surface area contributed by atoms with Crippen LogP contribution in [0.1, 0.15) is 25.1 Å². The number of amides is 1. The largest absolute Gasteiger partial charge is 0.405 e. The second-order valence-corrected chi connectivity index (χ2v) is 5.48. The average molecular weight is 308 g/mol. The van der Waals surface area contributed by atoms with Crippen LogP contribution in [0.4, 0.5) is 13.2 Å². The molecule has 0 radical (unpaired) electrons. The molecule has 1 amide bonds. The van der Waals surface area contributed by atoms with Gasteiger partial charge in [-0.25, -0.2) is 0 Å². The molecule has 0 spiro atoms. The fourth-order valence-electron chi connectivity index (χ4n) is 1.95. The quantitative estimate of drug-likeness (QED) is 0.861. The number of thioether (sulfide) groups is 1. The zero-order chi connectivity index (χ0) is 14.6. The van der Waals surface area contributed by atoms with Gasteiger partial charge in [0.15, 0.2) is 5.16 Å². The fraction of sp³-hybridized carbons (Fsp3) is 0.727. The van der Waals surface area contributed by atoms with E-state index in [1.807, 2.05) is 9.88 Å². The molecule has 0 fully saturated rings. The van der Waals surface area contributed by atoms with E-state index in [0.29, 0.717) is 5.16 Å². The van der Waals surface area contributed by atoms with E-state index in [9.17, 15) is 18.0 Å². The summed E-state index contributed by atoms with van der Waals surface area (Å²) in [6, 6.07) is 0. The van der Waals surface area contributed by atoms with Crippen molar-refractivity contribution in [3.05, 3.63) is 5.82 Å². The minimum Gasteiger partial charge on any atom is -0.346 e. The van der Waals surface area contributed by atoms with Gasteiger partial charge in [0.25, 0.3) is 0 Å². The number of aryl methyl sites for hydroxylation is 1. The number of halogens is 3. The van der Waals surface area contributed by atoms with Crippen LogP contribution in [0.15, 0.2) is 5.16 Å². The Balaban J connectivity index is 1.85. The average Bonchev–Trinajstić information content (AvgIpc) is 2.61. The summed E-state index contributed by atoms with van der Waals surface area (Å²) in [5, 5.41) is 10.5. The Morgan fingerprint density at radius 1 is 1.30 bits per heavy atom. The van der Waals surface area contributed by atoms with Gasteiger partial charge in [0, 0.05) is 13.0 Å². The van der Waals surface area contributed by atoms with Crippen molar-refractivity contribution >= 4 is 17.7 Å². The predicted molar refractivity (Wildman–Crippen MR) is 67.4 cm³/mol. The number of nitrogens with one attached hydrogen (secondary N) is 1. The molecule has 0 atom stereocenters. The topological polar surface area (TPSA) is 59.8 Å². The molecule has 0 bridgehead atoms. The Kier molecular flexibility index (Phi) is 4.90. The van der Waals surface area contributed by atoms with Crippen molar-refractivity contribution in [2.24, 2.45) is 0 Å². The third kappa shape index (κ3) is 4.39. The second-order valence-electron chi connectivity index (χ2n) is 4.54. The number of fused-ring (bicyclic) bond motifs is 1. The molecule has 0 aliphatic carbocycles. The van der Waals surface area contributed by atoms with Crippen LogP contribution < -0.4 is 5.32 Å². The zero-order valence-corrected chi connectivity index (χ0v) is 11.6. The van der Waals surface area contributed by atoms with Crippen LogP contribution in [0.2, 0.25) is 0 Å². The Bertz CT molecular complexity index is 475. The van der Waals surface area contributed by atoms with Gasteiger partial charge in [0.05, 0.1) is 5.75 Å². The normalized spacial score (nSPS) is 15.6. The standard InChI is InChI=1S/C11H15F3N4OS/c12-11(13,14)7-15-9(19)6-20-10-17-16-8-4-2-1-3-5-18(8)10/h1-7H2,(H,15,19). The molecule has 9 heteroatoms.